The number of ether oxygens (including phenoxy) is 1. The lowest BCUT2D eigenvalue weighted by Gasteiger charge is -2.31. The quantitative estimate of drug-likeness (QED) is 0.452. The van der Waals surface area contributed by atoms with Crippen molar-refractivity contribution in [2.75, 3.05) is 11.4 Å². The summed E-state index contributed by atoms with van der Waals surface area (Å²) >= 11 is 0. The third-order valence-electron chi connectivity index (χ3n) is 4.93. The first-order chi connectivity index (χ1) is 13.7. The van der Waals surface area contributed by atoms with Crippen LogP contribution in [0.25, 0.3) is 6.08 Å². The SMILES string of the molecule is CCN(c1ccc(C=C(C#N)C#N)c(C)c1)C(C)Oc1ccc(C(C)(C)C)cc1. The summed E-state index contributed by atoms with van der Waals surface area (Å²) in [5, 5.41) is 17.9. The summed E-state index contributed by atoms with van der Waals surface area (Å²) in [5.41, 5.74) is 4.41. The van der Waals surface area contributed by atoms with E-state index in [9.17, 15) is 0 Å². The number of aryl methyl sites for hydroxylation is 1. The molecule has 0 bridgehead atoms. The molecule has 0 aliphatic rings. The molecule has 2 aromatic carbocycles. The van der Waals surface area contributed by atoms with Gasteiger partial charge in [-0.05, 0) is 73.2 Å². The maximum absolute atomic E-state index is 8.97. The minimum Gasteiger partial charge on any atom is -0.471 e. The van der Waals surface area contributed by atoms with Gasteiger partial charge >= 0.3 is 0 Å². The lowest BCUT2D eigenvalue weighted by molar-refractivity contribution is 0.216. The molecule has 0 amide bonds. The van der Waals surface area contributed by atoms with Crippen LogP contribution in [0.5, 0.6) is 5.75 Å². The Bertz CT molecular complexity index is 938. The van der Waals surface area contributed by atoms with E-state index in [1.54, 1.807) is 6.08 Å². The van der Waals surface area contributed by atoms with Crippen LogP contribution in [0.3, 0.4) is 0 Å². The zero-order valence-corrected chi connectivity index (χ0v) is 18.2. The van der Waals surface area contributed by atoms with Crippen LogP contribution in [0, 0.1) is 29.6 Å². The third kappa shape index (κ3) is 5.62. The van der Waals surface area contributed by atoms with Crippen molar-refractivity contribution in [2.45, 2.75) is 53.2 Å². The zero-order chi connectivity index (χ0) is 21.6. The molecular formula is C25H29N3O. The van der Waals surface area contributed by atoms with Gasteiger partial charge in [0.25, 0.3) is 0 Å². The first kappa shape index (κ1) is 22.1. The second-order valence-electron chi connectivity index (χ2n) is 8.10. The smallest absolute Gasteiger partial charge is 0.169 e. The molecule has 29 heavy (non-hydrogen) atoms. The van der Waals surface area contributed by atoms with Gasteiger partial charge in [-0.2, -0.15) is 10.5 Å². The van der Waals surface area contributed by atoms with Gasteiger partial charge in [0.2, 0.25) is 0 Å². The van der Waals surface area contributed by atoms with E-state index in [1.165, 1.54) is 5.56 Å². The Labute approximate surface area is 174 Å². The Morgan fingerprint density at radius 1 is 1.10 bits per heavy atom. The number of nitriles is 2. The maximum atomic E-state index is 8.97. The molecule has 0 N–H and O–H groups in total. The Hall–Kier alpha value is -3.24. The summed E-state index contributed by atoms with van der Waals surface area (Å²) in [5.74, 6) is 0.841. The first-order valence-corrected chi connectivity index (χ1v) is 9.86. The van der Waals surface area contributed by atoms with E-state index < -0.39 is 0 Å². The summed E-state index contributed by atoms with van der Waals surface area (Å²) < 4.78 is 6.19. The van der Waals surface area contributed by atoms with Crippen molar-refractivity contribution in [1.82, 2.24) is 0 Å². The molecule has 0 radical (unpaired) electrons. The number of hydrogen-bond donors (Lipinski definition) is 0. The van der Waals surface area contributed by atoms with Crippen molar-refractivity contribution in [3.8, 4) is 17.9 Å². The number of anilines is 1. The number of nitrogens with zero attached hydrogens (tertiary/aromatic N) is 3. The van der Waals surface area contributed by atoms with Crippen LogP contribution in [0.4, 0.5) is 5.69 Å². The molecule has 0 fully saturated rings. The second-order valence-corrected chi connectivity index (χ2v) is 8.10. The molecule has 1 atom stereocenters. The molecule has 4 nitrogen and oxygen atoms in total. The topological polar surface area (TPSA) is 60.0 Å². The predicted molar refractivity (Wildman–Crippen MR) is 119 cm³/mol. The molecular weight excluding hydrogens is 358 g/mol. The van der Waals surface area contributed by atoms with Gasteiger partial charge in [-0.3, -0.25) is 0 Å². The van der Waals surface area contributed by atoms with Crippen LogP contribution < -0.4 is 9.64 Å². The summed E-state index contributed by atoms with van der Waals surface area (Å²) in [6, 6.07) is 18.1. The summed E-state index contributed by atoms with van der Waals surface area (Å²) in [7, 11) is 0. The zero-order valence-electron chi connectivity index (χ0n) is 18.2. The molecule has 2 aromatic rings. The number of hydrogen-bond acceptors (Lipinski definition) is 4. The average Bonchev–Trinajstić information content (AvgIpc) is 2.67. The lowest BCUT2D eigenvalue weighted by Crippen LogP contribution is -2.37. The highest BCUT2D eigenvalue weighted by molar-refractivity contribution is 5.66. The van der Waals surface area contributed by atoms with Gasteiger partial charge in [-0.15, -0.1) is 0 Å². The minimum atomic E-state index is -0.143. The van der Waals surface area contributed by atoms with Gasteiger partial charge in [0.15, 0.2) is 6.23 Å². The van der Waals surface area contributed by atoms with Crippen LogP contribution in [0.15, 0.2) is 48.0 Å². The second kappa shape index (κ2) is 9.30. The molecule has 1 unspecified atom stereocenters. The molecule has 0 saturated heterocycles. The van der Waals surface area contributed by atoms with Crippen LogP contribution >= 0.6 is 0 Å². The largest absolute Gasteiger partial charge is 0.471 e. The Morgan fingerprint density at radius 2 is 1.72 bits per heavy atom. The Balaban J connectivity index is 2.20. The van der Waals surface area contributed by atoms with Crippen molar-refractivity contribution in [3.05, 3.63) is 64.7 Å². The van der Waals surface area contributed by atoms with E-state index >= 15 is 0 Å². The number of rotatable bonds is 6. The fourth-order valence-electron chi connectivity index (χ4n) is 3.19. The third-order valence-corrected chi connectivity index (χ3v) is 4.93. The highest BCUT2D eigenvalue weighted by atomic mass is 16.5. The molecule has 2 rings (SSSR count). The highest BCUT2D eigenvalue weighted by Crippen LogP contribution is 2.27. The molecule has 150 valence electrons. The normalized spacial score (nSPS) is 11.7. The molecule has 0 aliphatic carbocycles. The summed E-state index contributed by atoms with van der Waals surface area (Å²) in [4.78, 5) is 2.17. The van der Waals surface area contributed by atoms with Crippen LogP contribution in [-0.2, 0) is 5.41 Å². The van der Waals surface area contributed by atoms with Crippen LogP contribution in [-0.4, -0.2) is 12.8 Å². The van der Waals surface area contributed by atoms with Gasteiger partial charge in [0, 0.05) is 12.2 Å². The average molecular weight is 388 g/mol. The van der Waals surface area contributed by atoms with Crippen molar-refractivity contribution in [3.63, 3.8) is 0 Å². The standard InChI is InChI=1S/C25H29N3O/c1-7-28(19(3)29-24-12-9-22(10-13-24)25(4,5)6)23-11-8-21(18(2)14-23)15-20(16-26)17-27/h8-15,19H,7H2,1-6H3. The lowest BCUT2D eigenvalue weighted by atomic mass is 9.87. The fourth-order valence-corrected chi connectivity index (χ4v) is 3.19. The Kier molecular flexibility index (Phi) is 7.08. The molecule has 0 aromatic heterocycles. The highest BCUT2D eigenvalue weighted by Gasteiger charge is 2.17. The van der Waals surface area contributed by atoms with Crippen molar-refractivity contribution >= 4 is 11.8 Å². The Morgan fingerprint density at radius 3 is 2.21 bits per heavy atom. The van der Waals surface area contributed by atoms with Crippen molar-refractivity contribution < 1.29 is 4.74 Å². The predicted octanol–water partition coefficient (Wildman–Crippen LogP) is 5.97. The van der Waals surface area contributed by atoms with Gasteiger partial charge in [-0.1, -0.05) is 39.0 Å². The van der Waals surface area contributed by atoms with Crippen molar-refractivity contribution in [1.29, 1.82) is 10.5 Å². The monoisotopic (exact) mass is 387 g/mol. The molecule has 4 heteroatoms. The van der Waals surface area contributed by atoms with Gasteiger partial charge in [0.1, 0.15) is 23.5 Å². The summed E-state index contributed by atoms with van der Waals surface area (Å²) in [6.07, 6.45) is 1.47. The van der Waals surface area contributed by atoms with E-state index in [0.29, 0.717) is 0 Å². The van der Waals surface area contributed by atoms with Gasteiger partial charge < -0.3 is 9.64 Å². The van der Waals surface area contributed by atoms with Gasteiger partial charge in [0.05, 0.1) is 0 Å². The van der Waals surface area contributed by atoms with E-state index in [1.807, 2.05) is 50.3 Å². The first-order valence-electron chi connectivity index (χ1n) is 9.86. The van der Waals surface area contributed by atoms with E-state index in [0.717, 1.165) is 29.1 Å². The van der Waals surface area contributed by atoms with E-state index in [4.69, 9.17) is 15.3 Å². The number of allylic oxidation sites excluding steroid dienone is 1. The summed E-state index contributed by atoms with van der Waals surface area (Å²) in [6.45, 7) is 13.5. The van der Waals surface area contributed by atoms with Crippen molar-refractivity contribution in [2.24, 2.45) is 0 Å². The molecule has 0 spiro atoms. The molecule has 0 heterocycles. The molecule has 0 saturated carbocycles. The maximum Gasteiger partial charge on any atom is 0.169 e. The minimum absolute atomic E-state index is 0.101. The van der Waals surface area contributed by atoms with Crippen LogP contribution in [0.1, 0.15) is 51.3 Å². The van der Waals surface area contributed by atoms with E-state index in [-0.39, 0.29) is 17.2 Å². The number of benzene rings is 2. The van der Waals surface area contributed by atoms with E-state index in [2.05, 4.69) is 50.8 Å². The van der Waals surface area contributed by atoms with Gasteiger partial charge in [-0.25, -0.2) is 0 Å². The molecule has 0 aliphatic heterocycles. The van der Waals surface area contributed by atoms with Crippen LogP contribution in [0.2, 0.25) is 0 Å². The fraction of sp³-hybridized carbons (Fsp3) is 0.360.